The van der Waals surface area contributed by atoms with Gasteiger partial charge in [0.15, 0.2) is 0 Å². The van der Waals surface area contributed by atoms with Gasteiger partial charge in [0.25, 0.3) is 0 Å². The Morgan fingerprint density at radius 3 is 2.14 bits per heavy atom. The zero-order valence-electron chi connectivity index (χ0n) is 11.8. The van der Waals surface area contributed by atoms with Gasteiger partial charge in [-0.05, 0) is 12.1 Å². The average molecular weight is 357 g/mol. The molecule has 0 fully saturated rings. The van der Waals surface area contributed by atoms with Crippen LogP contribution in [0.3, 0.4) is 0 Å². The standard InChI is InChI=1S/C12H18Cl2N2O4S/c1-19-7-5-16(6-8-20-2)21(17,18)10-4-3-9(13)12(15)11(10)14/h3-4H,5-8,15H2,1-2H3. The van der Waals surface area contributed by atoms with Crippen molar-refractivity contribution in [3.63, 3.8) is 0 Å². The summed E-state index contributed by atoms with van der Waals surface area (Å²) in [5.74, 6) is 0. The van der Waals surface area contributed by atoms with Gasteiger partial charge in [0, 0.05) is 27.3 Å². The van der Waals surface area contributed by atoms with E-state index in [0.29, 0.717) is 0 Å². The molecular formula is C12H18Cl2N2O4S. The maximum Gasteiger partial charge on any atom is 0.244 e. The molecule has 2 N–H and O–H groups in total. The summed E-state index contributed by atoms with van der Waals surface area (Å²) in [6, 6.07) is 2.74. The lowest BCUT2D eigenvalue weighted by molar-refractivity contribution is 0.150. The van der Waals surface area contributed by atoms with Crippen LogP contribution < -0.4 is 5.73 Å². The van der Waals surface area contributed by atoms with Crippen LogP contribution in [-0.4, -0.2) is 53.2 Å². The number of sulfonamides is 1. The number of hydrogen-bond acceptors (Lipinski definition) is 5. The number of hydrogen-bond donors (Lipinski definition) is 1. The molecule has 0 aliphatic rings. The Labute approximate surface area is 134 Å². The number of halogens is 2. The minimum Gasteiger partial charge on any atom is -0.396 e. The Hall–Kier alpha value is -0.570. The summed E-state index contributed by atoms with van der Waals surface area (Å²) in [4.78, 5) is -0.0849. The van der Waals surface area contributed by atoms with Crippen LogP contribution in [0.4, 0.5) is 5.69 Å². The molecule has 0 spiro atoms. The molecule has 0 saturated heterocycles. The highest BCUT2D eigenvalue weighted by molar-refractivity contribution is 7.89. The van der Waals surface area contributed by atoms with E-state index in [1.165, 1.54) is 30.7 Å². The monoisotopic (exact) mass is 356 g/mol. The smallest absolute Gasteiger partial charge is 0.244 e. The number of rotatable bonds is 8. The molecule has 21 heavy (non-hydrogen) atoms. The lowest BCUT2D eigenvalue weighted by Crippen LogP contribution is -2.36. The second kappa shape index (κ2) is 8.17. The van der Waals surface area contributed by atoms with E-state index in [9.17, 15) is 8.42 Å². The number of ether oxygens (including phenoxy) is 2. The molecule has 1 aromatic rings. The van der Waals surface area contributed by atoms with Gasteiger partial charge in [-0.25, -0.2) is 8.42 Å². The molecule has 0 atom stereocenters. The largest absolute Gasteiger partial charge is 0.396 e. The molecule has 0 aliphatic carbocycles. The highest BCUT2D eigenvalue weighted by Gasteiger charge is 2.27. The van der Waals surface area contributed by atoms with Crippen molar-refractivity contribution in [2.75, 3.05) is 46.3 Å². The van der Waals surface area contributed by atoms with E-state index in [0.717, 1.165) is 0 Å². The van der Waals surface area contributed by atoms with E-state index < -0.39 is 10.0 Å². The Balaban J connectivity index is 3.18. The van der Waals surface area contributed by atoms with Gasteiger partial charge in [0.05, 0.1) is 28.9 Å². The van der Waals surface area contributed by atoms with E-state index in [-0.39, 0.29) is 46.9 Å². The van der Waals surface area contributed by atoms with Gasteiger partial charge in [-0.15, -0.1) is 0 Å². The maximum absolute atomic E-state index is 12.7. The van der Waals surface area contributed by atoms with Crippen LogP contribution in [0.15, 0.2) is 17.0 Å². The van der Waals surface area contributed by atoms with Crippen molar-refractivity contribution in [1.82, 2.24) is 4.31 Å². The van der Waals surface area contributed by atoms with Gasteiger partial charge < -0.3 is 15.2 Å². The summed E-state index contributed by atoms with van der Waals surface area (Å²) in [5, 5.41) is 0.126. The molecule has 120 valence electrons. The molecule has 6 nitrogen and oxygen atoms in total. The van der Waals surface area contributed by atoms with Crippen molar-refractivity contribution >= 4 is 38.9 Å². The number of anilines is 1. The van der Waals surface area contributed by atoms with Crippen molar-refractivity contribution in [2.24, 2.45) is 0 Å². The summed E-state index contributed by atoms with van der Waals surface area (Å²) < 4.78 is 36.4. The van der Waals surface area contributed by atoms with Gasteiger partial charge >= 0.3 is 0 Å². The highest BCUT2D eigenvalue weighted by Crippen LogP contribution is 2.34. The summed E-state index contributed by atoms with van der Waals surface area (Å²) in [6.07, 6.45) is 0. The van der Waals surface area contributed by atoms with Crippen molar-refractivity contribution in [3.8, 4) is 0 Å². The quantitative estimate of drug-likeness (QED) is 0.718. The van der Waals surface area contributed by atoms with E-state index >= 15 is 0 Å². The molecule has 0 heterocycles. The molecule has 0 radical (unpaired) electrons. The Morgan fingerprint density at radius 2 is 1.67 bits per heavy atom. The Kier molecular flexibility index (Phi) is 7.19. The fraction of sp³-hybridized carbons (Fsp3) is 0.500. The molecular weight excluding hydrogens is 339 g/mol. The second-order valence-corrected chi connectivity index (χ2v) is 6.85. The molecule has 0 unspecified atom stereocenters. The fourth-order valence-electron chi connectivity index (χ4n) is 1.63. The number of nitrogen functional groups attached to an aromatic ring is 1. The summed E-state index contributed by atoms with van der Waals surface area (Å²) in [7, 11) is -0.824. The van der Waals surface area contributed by atoms with Crippen LogP contribution in [-0.2, 0) is 19.5 Å². The first-order chi connectivity index (χ1) is 9.86. The van der Waals surface area contributed by atoms with E-state index in [1.807, 2.05) is 0 Å². The molecule has 0 amide bonds. The zero-order valence-corrected chi connectivity index (χ0v) is 14.1. The Morgan fingerprint density at radius 1 is 1.14 bits per heavy atom. The van der Waals surface area contributed by atoms with Gasteiger partial charge in [-0.2, -0.15) is 4.31 Å². The van der Waals surface area contributed by atoms with Crippen molar-refractivity contribution in [2.45, 2.75) is 4.90 Å². The van der Waals surface area contributed by atoms with Gasteiger partial charge in [-0.1, -0.05) is 23.2 Å². The topological polar surface area (TPSA) is 81.9 Å². The minimum atomic E-state index is -3.81. The van der Waals surface area contributed by atoms with E-state index in [2.05, 4.69) is 0 Å². The number of methoxy groups -OCH3 is 2. The van der Waals surface area contributed by atoms with E-state index in [1.54, 1.807) is 0 Å². The zero-order chi connectivity index (χ0) is 16.0. The Bertz CT molecular complexity index is 573. The van der Waals surface area contributed by atoms with Crippen LogP contribution in [0.25, 0.3) is 0 Å². The number of nitrogens with two attached hydrogens (primary N) is 1. The second-order valence-electron chi connectivity index (χ2n) is 4.16. The SMILES string of the molecule is COCCN(CCOC)S(=O)(=O)c1ccc(Cl)c(N)c1Cl. The van der Waals surface area contributed by atoms with E-state index in [4.69, 9.17) is 38.4 Å². The van der Waals surface area contributed by atoms with Gasteiger partial charge in [0.1, 0.15) is 4.90 Å². The lowest BCUT2D eigenvalue weighted by Gasteiger charge is -2.22. The van der Waals surface area contributed by atoms with Gasteiger partial charge in [-0.3, -0.25) is 0 Å². The van der Waals surface area contributed by atoms with Crippen LogP contribution in [0.1, 0.15) is 0 Å². The summed E-state index contributed by atoms with van der Waals surface area (Å²) >= 11 is 11.8. The normalized spacial score (nSPS) is 12.0. The number of benzene rings is 1. The summed E-state index contributed by atoms with van der Waals surface area (Å²) in [6.45, 7) is 0.870. The van der Waals surface area contributed by atoms with Gasteiger partial charge in [0.2, 0.25) is 10.0 Å². The van der Waals surface area contributed by atoms with Crippen LogP contribution in [0.5, 0.6) is 0 Å². The molecule has 9 heteroatoms. The third-order valence-electron chi connectivity index (χ3n) is 2.80. The first kappa shape index (κ1) is 18.5. The maximum atomic E-state index is 12.7. The molecule has 0 aromatic heterocycles. The molecule has 0 aliphatic heterocycles. The highest BCUT2D eigenvalue weighted by atomic mass is 35.5. The van der Waals surface area contributed by atoms with Crippen molar-refractivity contribution < 1.29 is 17.9 Å². The lowest BCUT2D eigenvalue weighted by atomic mass is 10.3. The average Bonchev–Trinajstić information content (AvgIpc) is 2.44. The number of nitrogens with zero attached hydrogens (tertiary/aromatic N) is 1. The van der Waals surface area contributed by atoms with Crippen LogP contribution >= 0.6 is 23.2 Å². The minimum absolute atomic E-state index is 0.0397. The first-order valence-corrected chi connectivity index (χ1v) is 8.27. The molecule has 0 bridgehead atoms. The third-order valence-corrected chi connectivity index (χ3v) is 5.59. The van der Waals surface area contributed by atoms with Crippen LogP contribution in [0, 0.1) is 0 Å². The first-order valence-electron chi connectivity index (χ1n) is 6.07. The van der Waals surface area contributed by atoms with Crippen molar-refractivity contribution in [3.05, 3.63) is 22.2 Å². The predicted octanol–water partition coefficient (Wildman–Crippen LogP) is 1.86. The predicted molar refractivity (Wildman–Crippen MR) is 83.4 cm³/mol. The fourth-order valence-corrected chi connectivity index (χ4v) is 3.77. The third kappa shape index (κ3) is 4.45. The molecule has 1 rings (SSSR count). The summed E-state index contributed by atoms with van der Waals surface area (Å²) in [5.41, 5.74) is 5.72. The molecule has 1 aromatic carbocycles. The van der Waals surface area contributed by atoms with Crippen molar-refractivity contribution in [1.29, 1.82) is 0 Å². The van der Waals surface area contributed by atoms with Crippen LogP contribution in [0.2, 0.25) is 10.0 Å². The molecule has 0 saturated carbocycles.